The molecular formula is C11H18N4. The standard InChI is InChI=1S/C11H18N4/c12-8-1-3-9(4-2-8)15-10-5-6-11(13)14-7-10/h5-9,15H,1-4,12H2,(H2,13,14). The minimum atomic E-state index is 0.396. The minimum Gasteiger partial charge on any atom is -0.384 e. The number of nitrogens with one attached hydrogen (secondary N) is 1. The van der Waals surface area contributed by atoms with Gasteiger partial charge in [0.05, 0.1) is 11.9 Å². The number of nitrogens with two attached hydrogens (primary N) is 2. The van der Waals surface area contributed by atoms with Crippen LogP contribution in [0, 0.1) is 0 Å². The molecule has 0 bridgehead atoms. The topological polar surface area (TPSA) is 77.0 Å². The molecule has 82 valence electrons. The molecular weight excluding hydrogens is 188 g/mol. The molecule has 0 saturated heterocycles. The van der Waals surface area contributed by atoms with Gasteiger partial charge in [0.1, 0.15) is 5.82 Å². The Morgan fingerprint density at radius 3 is 2.53 bits per heavy atom. The molecule has 0 atom stereocenters. The summed E-state index contributed by atoms with van der Waals surface area (Å²) >= 11 is 0. The first-order valence-corrected chi connectivity index (χ1v) is 5.47. The average molecular weight is 206 g/mol. The van der Waals surface area contributed by atoms with E-state index in [4.69, 9.17) is 11.5 Å². The summed E-state index contributed by atoms with van der Waals surface area (Å²) in [7, 11) is 0. The highest BCUT2D eigenvalue weighted by Crippen LogP contribution is 2.20. The van der Waals surface area contributed by atoms with Crippen molar-refractivity contribution >= 4 is 11.5 Å². The smallest absolute Gasteiger partial charge is 0.123 e. The van der Waals surface area contributed by atoms with E-state index in [-0.39, 0.29) is 0 Å². The van der Waals surface area contributed by atoms with Gasteiger partial charge >= 0.3 is 0 Å². The zero-order chi connectivity index (χ0) is 10.7. The van der Waals surface area contributed by atoms with Crippen LogP contribution < -0.4 is 16.8 Å². The highest BCUT2D eigenvalue weighted by Gasteiger charge is 2.17. The lowest BCUT2D eigenvalue weighted by molar-refractivity contribution is 0.411. The van der Waals surface area contributed by atoms with Crippen LogP contribution in [0.1, 0.15) is 25.7 Å². The second-order valence-corrected chi connectivity index (χ2v) is 4.23. The molecule has 1 aromatic rings. The van der Waals surface area contributed by atoms with Crippen molar-refractivity contribution in [2.24, 2.45) is 5.73 Å². The zero-order valence-corrected chi connectivity index (χ0v) is 8.82. The molecule has 1 aliphatic rings. The van der Waals surface area contributed by atoms with E-state index in [1.54, 1.807) is 6.20 Å². The third-order valence-corrected chi connectivity index (χ3v) is 2.93. The molecule has 0 aromatic carbocycles. The second-order valence-electron chi connectivity index (χ2n) is 4.23. The quantitative estimate of drug-likeness (QED) is 0.682. The van der Waals surface area contributed by atoms with Crippen molar-refractivity contribution in [2.45, 2.75) is 37.8 Å². The number of aromatic nitrogens is 1. The van der Waals surface area contributed by atoms with Gasteiger partial charge in [-0.1, -0.05) is 0 Å². The van der Waals surface area contributed by atoms with Gasteiger partial charge in [0.15, 0.2) is 0 Å². The largest absolute Gasteiger partial charge is 0.384 e. The second kappa shape index (κ2) is 4.49. The van der Waals surface area contributed by atoms with Crippen LogP contribution in [0.5, 0.6) is 0 Å². The van der Waals surface area contributed by atoms with Gasteiger partial charge in [0, 0.05) is 12.1 Å². The van der Waals surface area contributed by atoms with Crippen LogP contribution in [-0.4, -0.2) is 17.1 Å². The number of pyridine rings is 1. The van der Waals surface area contributed by atoms with Crippen LogP contribution in [0.15, 0.2) is 18.3 Å². The summed E-state index contributed by atoms with van der Waals surface area (Å²) in [5.41, 5.74) is 12.4. The van der Waals surface area contributed by atoms with E-state index in [2.05, 4.69) is 10.3 Å². The van der Waals surface area contributed by atoms with Crippen molar-refractivity contribution in [3.63, 3.8) is 0 Å². The minimum absolute atomic E-state index is 0.396. The normalized spacial score (nSPS) is 26.2. The van der Waals surface area contributed by atoms with Gasteiger partial charge in [-0.05, 0) is 37.8 Å². The van der Waals surface area contributed by atoms with Crippen LogP contribution >= 0.6 is 0 Å². The third kappa shape index (κ3) is 2.83. The lowest BCUT2D eigenvalue weighted by atomic mass is 9.92. The van der Waals surface area contributed by atoms with E-state index < -0.39 is 0 Å². The van der Waals surface area contributed by atoms with Gasteiger partial charge in [-0.15, -0.1) is 0 Å². The first kappa shape index (κ1) is 10.2. The van der Waals surface area contributed by atoms with E-state index in [1.165, 1.54) is 0 Å². The molecule has 4 nitrogen and oxygen atoms in total. The summed E-state index contributed by atoms with van der Waals surface area (Å²) < 4.78 is 0. The van der Waals surface area contributed by atoms with Crippen LogP contribution in [0.3, 0.4) is 0 Å². The predicted octanol–water partition coefficient (Wildman–Crippen LogP) is 1.35. The Labute approximate surface area is 90.1 Å². The summed E-state index contributed by atoms with van der Waals surface area (Å²) in [6, 6.07) is 4.72. The SMILES string of the molecule is Nc1ccc(NC2CCC(N)CC2)cn1. The maximum Gasteiger partial charge on any atom is 0.123 e. The fourth-order valence-electron chi connectivity index (χ4n) is 1.99. The molecule has 0 spiro atoms. The van der Waals surface area contributed by atoms with Crippen LogP contribution in [-0.2, 0) is 0 Å². The van der Waals surface area contributed by atoms with E-state index in [0.29, 0.717) is 17.9 Å². The number of hydrogen-bond donors (Lipinski definition) is 3. The van der Waals surface area contributed by atoms with Gasteiger partial charge in [0.25, 0.3) is 0 Å². The van der Waals surface area contributed by atoms with Crippen LogP contribution in [0.4, 0.5) is 11.5 Å². The molecule has 4 heteroatoms. The zero-order valence-electron chi connectivity index (χ0n) is 8.82. The maximum atomic E-state index is 5.85. The number of hydrogen-bond acceptors (Lipinski definition) is 4. The van der Waals surface area contributed by atoms with Crippen molar-refractivity contribution in [2.75, 3.05) is 11.1 Å². The molecule has 1 heterocycles. The highest BCUT2D eigenvalue weighted by atomic mass is 14.9. The van der Waals surface area contributed by atoms with Gasteiger partial charge < -0.3 is 16.8 Å². The molecule has 0 unspecified atom stereocenters. The molecule has 1 fully saturated rings. The van der Waals surface area contributed by atoms with E-state index in [1.807, 2.05) is 12.1 Å². The molecule has 1 aliphatic carbocycles. The van der Waals surface area contributed by atoms with E-state index in [0.717, 1.165) is 31.4 Å². The van der Waals surface area contributed by atoms with E-state index in [9.17, 15) is 0 Å². The number of rotatable bonds is 2. The molecule has 1 aromatic heterocycles. The lowest BCUT2D eigenvalue weighted by Crippen LogP contribution is -2.32. The van der Waals surface area contributed by atoms with Gasteiger partial charge in [-0.2, -0.15) is 0 Å². The van der Waals surface area contributed by atoms with Crippen molar-refractivity contribution < 1.29 is 0 Å². The third-order valence-electron chi connectivity index (χ3n) is 2.93. The monoisotopic (exact) mass is 206 g/mol. The molecule has 5 N–H and O–H groups in total. The van der Waals surface area contributed by atoms with Gasteiger partial charge in [-0.25, -0.2) is 4.98 Å². The fraction of sp³-hybridized carbons (Fsp3) is 0.545. The Bertz CT molecular complexity index is 301. The van der Waals surface area contributed by atoms with Gasteiger partial charge in [-0.3, -0.25) is 0 Å². The molecule has 0 amide bonds. The van der Waals surface area contributed by atoms with Crippen molar-refractivity contribution in [3.05, 3.63) is 18.3 Å². The number of nitrogen functional groups attached to an aromatic ring is 1. The Morgan fingerprint density at radius 1 is 1.20 bits per heavy atom. The first-order valence-electron chi connectivity index (χ1n) is 5.47. The summed E-state index contributed by atoms with van der Waals surface area (Å²) in [5.74, 6) is 0.561. The Hall–Kier alpha value is -1.29. The molecule has 15 heavy (non-hydrogen) atoms. The summed E-state index contributed by atoms with van der Waals surface area (Å²) in [5, 5.41) is 3.46. The predicted molar refractivity (Wildman–Crippen MR) is 62.5 cm³/mol. The van der Waals surface area contributed by atoms with Crippen LogP contribution in [0.2, 0.25) is 0 Å². The summed E-state index contributed by atoms with van der Waals surface area (Å²) in [6.45, 7) is 0. The fourth-order valence-corrected chi connectivity index (χ4v) is 1.99. The number of nitrogens with zero attached hydrogens (tertiary/aromatic N) is 1. The Balaban J connectivity index is 1.89. The van der Waals surface area contributed by atoms with Crippen LogP contribution in [0.25, 0.3) is 0 Å². The molecule has 0 radical (unpaired) electrons. The Kier molecular flexibility index (Phi) is 3.06. The highest BCUT2D eigenvalue weighted by molar-refractivity contribution is 5.46. The molecule has 2 rings (SSSR count). The summed E-state index contributed by atoms with van der Waals surface area (Å²) in [4.78, 5) is 4.05. The first-order chi connectivity index (χ1) is 7.24. The van der Waals surface area contributed by atoms with Crippen molar-refractivity contribution in [1.29, 1.82) is 0 Å². The molecule has 0 aliphatic heterocycles. The lowest BCUT2D eigenvalue weighted by Gasteiger charge is -2.27. The molecule has 1 saturated carbocycles. The average Bonchev–Trinajstić information content (AvgIpc) is 2.25. The maximum absolute atomic E-state index is 5.85. The van der Waals surface area contributed by atoms with Crippen molar-refractivity contribution in [1.82, 2.24) is 4.98 Å². The number of anilines is 2. The van der Waals surface area contributed by atoms with E-state index >= 15 is 0 Å². The Morgan fingerprint density at radius 2 is 1.93 bits per heavy atom. The van der Waals surface area contributed by atoms with Gasteiger partial charge in [0.2, 0.25) is 0 Å². The summed E-state index contributed by atoms with van der Waals surface area (Å²) in [6.07, 6.45) is 6.29. The van der Waals surface area contributed by atoms with Crippen molar-refractivity contribution in [3.8, 4) is 0 Å².